The van der Waals surface area contributed by atoms with Crippen molar-refractivity contribution in [2.24, 2.45) is 0 Å². The van der Waals surface area contributed by atoms with Crippen LogP contribution in [0.25, 0.3) is 0 Å². The molecule has 4 N–H and O–H groups in total. The quantitative estimate of drug-likeness (QED) is 0.644. The molecule has 0 saturated carbocycles. The number of aliphatic carboxylic acids is 1. The van der Waals surface area contributed by atoms with E-state index in [-0.39, 0.29) is 13.0 Å². The molecule has 1 aromatic carbocycles. The summed E-state index contributed by atoms with van der Waals surface area (Å²) >= 11 is 0. The second-order valence-electron chi connectivity index (χ2n) is 4.29. The number of hydrogen-bond donors (Lipinski definition) is 4. The number of aliphatic hydroxyl groups excluding tert-OH is 1. The number of rotatable bonds is 5. The lowest BCUT2D eigenvalue weighted by Crippen LogP contribution is -2.33. The smallest absolute Gasteiger partial charge is 0.332 e. The van der Waals surface area contributed by atoms with Crippen LogP contribution in [-0.2, 0) is 4.79 Å². The first-order valence-corrected chi connectivity index (χ1v) is 5.93. The molecule has 1 aromatic rings. The number of aryl methyl sites for hydroxylation is 2. The second kappa shape index (κ2) is 6.75. The number of aliphatic hydroxyl groups is 1. The van der Waals surface area contributed by atoms with Gasteiger partial charge in [-0.3, -0.25) is 0 Å². The Hall–Kier alpha value is -2.08. The van der Waals surface area contributed by atoms with E-state index in [2.05, 4.69) is 10.6 Å². The van der Waals surface area contributed by atoms with Gasteiger partial charge in [-0.25, -0.2) is 9.59 Å². The van der Waals surface area contributed by atoms with Crippen molar-refractivity contribution in [2.45, 2.75) is 26.4 Å². The highest BCUT2D eigenvalue weighted by molar-refractivity contribution is 5.91. The molecular weight excluding hydrogens is 248 g/mol. The molecule has 0 aliphatic heterocycles. The lowest BCUT2D eigenvalue weighted by molar-refractivity contribution is -0.146. The van der Waals surface area contributed by atoms with Crippen molar-refractivity contribution in [3.8, 4) is 0 Å². The molecule has 0 radical (unpaired) electrons. The fraction of sp³-hybridized carbons (Fsp3) is 0.385. The van der Waals surface area contributed by atoms with Crippen molar-refractivity contribution in [2.75, 3.05) is 11.9 Å². The van der Waals surface area contributed by atoms with Gasteiger partial charge >= 0.3 is 12.0 Å². The van der Waals surface area contributed by atoms with E-state index in [4.69, 9.17) is 10.2 Å². The van der Waals surface area contributed by atoms with Crippen molar-refractivity contribution in [3.63, 3.8) is 0 Å². The molecule has 0 saturated heterocycles. The fourth-order valence-corrected chi connectivity index (χ4v) is 1.62. The van der Waals surface area contributed by atoms with Crippen LogP contribution in [0.4, 0.5) is 10.5 Å². The topological polar surface area (TPSA) is 98.7 Å². The Kier molecular flexibility index (Phi) is 5.32. The maximum Gasteiger partial charge on any atom is 0.332 e. The normalized spacial score (nSPS) is 11.7. The molecule has 0 bridgehead atoms. The van der Waals surface area contributed by atoms with Gasteiger partial charge in [-0.2, -0.15) is 0 Å². The van der Waals surface area contributed by atoms with Gasteiger partial charge in [0.15, 0.2) is 6.10 Å². The molecule has 0 unspecified atom stereocenters. The number of anilines is 1. The summed E-state index contributed by atoms with van der Waals surface area (Å²) < 4.78 is 0. The van der Waals surface area contributed by atoms with E-state index in [1.54, 1.807) is 0 Å². The Balaban J connectivity index is 2.46. The number of carboxylic acids is 1. The van der Waals surface area contributed by atoms with Crippen LogP contribution in [0.3, 0.4) is 0 Å². The van der Waals surface area contributed by atoms with Crippen LogP contribution in [0, 0.1) is 13.8 Å². The number of para-hydroxylation sites is 1. The Morgan fingerprint density at radius 1 is 1.26 bits per heavy atom. The summed E-state index contributed by atoms with van der Waals surface area (Å²) in [5.41, 5.74) is 2.63. The molecule has 104 valence electrons. The van der Waals surface area contributed by atoms with Crippen molar-refractivity contribution < 1.29 is 19.8 Å². The minimum absolute atomic E-state index is 0.0322. The zero-order valence-corrected chi connectivity index (χ0v) is 10.9. The molecule has 0 aliphatic carbocycles. The molecule has 0 aliphatic rings. The van der Waals surface area contributed by atoms with Crippen LogP contribution in [0.1, 0.15) is 17.5 Å². The van der Waals surface area contributed by atoms with Gasteiger partial charge in [0, 0.05) is 18.7 Å². The number of nitrogens with one attached hydrogen (secondary N) is 2. The minimum atomic E-state index is -1.46. The van der Waals surface area contributed by atoms with Gasteiger partial charge in [-0.1, -0.05) is 18.2 Å². The number of hydrogen-bond acceptors (Lipinski definition) is 3. The van der Waals surface area contributed by atoms with Gasteiger partial charge in [-0.15, -0.1) is 0 Å². The Bertz CT molecular complexity index is 453. The maximum absolute atomic E-state index is 11.6. The largest absolute Gasteiger partial charge is 0.479 e. The summed E-state index contributed by atoms with van der Waals surface area (Å²) in [5, 5.41) is 22.7. The monoisotopic (exact) mass is 266 g/mol. The number of urea groups is 1. The summed E-state index contributed by atoms with van der Waals surface area (Å²) in [4.78, 5) is 22.0. The highest BCUT2D eigenvalue weighted by Crippen LogP contribution is 2.18. The second-order valence-corrected chi connectivity index (χ2v) is 4.29. The molecular formula is C13H18N2O4. The Labute approximate surface area is 111 Å². The minimum Gasteiger partial charge on any atom is -0.479 e. The van der Waals surface area contributed by atoms with Gasteiger partial charge < -0.3 is 20.8 Å². The number of carboxylic acid groups (broad SMARTS) is 1. The summed E-state index contributed by atoms with van der Waals surface area (Å²) in [5.74, 6) is -1.29. The third-order valence-corrected chi connectivity index (χ3v) is 2.71. The van der Waals surface area contributed by atoms with Crippen molar-refractivity contribution in [1.29, 1.82) is 0 Å². The molecule has 6 heteroatoms. The van der Waals surface area contributed by atoms with Crippen LogP contribution in [0.5, 0.6) is 0 Å². The van der Waals surface area contributed by atoms with Gasteiger partial charge in [0.05, 0.1) is 0 Å². The molecule has 0 aromatic heterocycles. The van der Waals surface area contributed by atoms with Crippen LogP contribution in [0.2, 0.25) is 0 Å². The number of amides is 2. The number of benzene rings is 1. The predicted molar refractivity (Wildman–Crippen MR) is 71.2 cm³/mol. The highest BCUT2D eigenvalue weighted by atomic mass is 16.4. The van der Waals surface area contributed by atoms with E-state index in [0.29, 0.717) is 0 Å². The lowest BCUT2D eigenvalue weighted by atomic mass is 10.1. The van der Waals surface area contributed by atoms with E-state index in [1.807, 2.05) is 32.0 Å². The average molecular weight is 266 g/mol. The lowest BCUT2D eigenvalue weighted by Gasteiger charge is -2.12. The first kappa shape index (κ1) is 15.0. The molecule has 0 fully saturated rings. The zero-order valence-electron chi connectivity index (χ0n) is 10.9. The summed E-state index contributed by atoms with van der Waals surface area (Å²) in [6.07, 6.45) is -1.49. The van der Waals surface area contributed by atoms with Crippen molar-refractivity contribution in [3.05, 3.63) is 29.3 Å². The summed E-state index contributed by atoms with van der Waals surface area (Å²) in [6, 6.07) is 5.25. The Morgan fingerprint density at radius 2 is 1.84 bits per heavy atom. The van der Waals surface area contributed by atoms with Crippen molar-refractivity contribution >= 4 is 17.7 Å². The Morgan fingerprint density at radius 3 is 2.37 bits per heavy atom. The third-order valence-electron chi connectivity index (χ3n) is 2.71. The van der Waals surface area contributed by atoms with E-state index in [0.717, 1.165) is 16.8 Å². The van der Waals surface area contributed by atoms with E-state index >= 15 is 0 Å². The third kappa shape index (κ3) is 4.59. The average Bonchev–Trinajstić information content (AvgIpc) is 2.33. The summed E-state index contributed by atoms with van der Waals surface area (Å²) in [6.45, 7) is 3.86. The van der Waals surface area contributed by atoms with E-state index < -0.39 is 18.1 Å². The molecule has 1 atom stereocenters. The van der Waals surface area contributed by atoms with E-state index in [9.17, 15) is 9.59 Å². The first-order chi connectivity index (χ1) is 8.91. The maximum atomic E-state index is 11.6. The van der Waals surface area contributed by atoms with Gasteiger partial charge in [0.1, 0.15) is 0 Å². The number of carbonyl (C=O) groups excluding carboxylic acids is 1. The van der Waals surface area contributed by atoms with Gasteiger partial charge in [0.2, 0.25) is 0 Å². The zero-order chi connectivity index (χ0) is 14.4. The number of carbonyl (C=O) groups is 2. The molecule has 6 nitrogen and oxygen atoms in total. The van der Waals surface area contributed by atoms with Crippen LogP contribution in [0.15, 0.2) is 18.2 Å². The van der Waals surface area contributed by atoms with Crippen molar-refractivity contribution in [1.82, 2.24) is 5.32 Å². The fourth-order valence-electron chi connectivity index (χ4n) is 1.62. The molecule has 0 spiro atoms. The highest BCUT2D eigenvalue weighted by Gasteiger charge is 2.13. The SMILES string of the molecule is Cc1cccc(C)c1NC(=O)NCC[C@H](O)C(=O)O. The molecule has 0 heterocycles. The van der Waals surface area contributed by atoms with Crippen LogP contribution >= 0.6 is 0 Å². The molecule has 19 heavy (non-hydrogen) atoms. The predicted octanol–water partition coefficient (Wildman–Crippen LogP) is 1.26. The van der Waals surface area contributed by atoms with Crippen LogP contribution < -0.4 is 10.6 Å². The molecule has 1 rings (SSSR count). The van der Waals surface area contributed by atoms with Gasteiger partial charge in [-0.05, 0) is 25.0 Å². The van der Waals surface area contributed by atoms with E-state index in [1.165, 1.54) is 0 Å². The molecule has 2 amide bonds. The van der Waals surface area contributed by atoms with Gasteiger partial charge in [0.25, 0.3) is 0 Å². The summed E-state index contributed by atoms with van der Waals surface area (Å²) in [7, 11) is 0. The first-order valence-electron chi connectivity index (χ1n) is 5.93. The standard InChI is InChI=1S/C13H18N2O4/c1-8-4-3-5-9(2)11(8)15-13(19)14-7-6-10(16)12(17)18/h3-5,10,16H,6-7H2,1-2H3,(H,17,18)(H2,14,15,19)/t10-/m0/s1. The van der Waals surface area contributed by atoms with Crippen LogP contribution in [-0.4, -0.2) is 34.9 Å².